The number of rotatable bonds is 4. The Bertz CT molecular complexity index is 87.1. The van der Waals surface area contributed by atoms with Crippen LogP contribution in [0.5, 0.6) is 0 Å². The molecule has 0 fully saturated rings. The molecular weight excluding hydrogens is 159 g/mol. The monoisotopic (exact) mass is 166 g/mol. The molecular formula is C6H8Cl2O. The zero-order valence-electron chi connectivity index (χ0n) is 4.94. The zero-order valence-corrected chi connectivity index (χ0v) is 6.45. The molecule has 9 heavy (non-hydrogen) atoms. The number of hydrogen-bond donors (Lipinski definition) is 0. The van der Waals surface area contributed by atoms with E-state index < -0.39 is 0 Å². The lowest BCUT2D eigenvalue weighted by molar-refractivity contribution is 0.167. The summed E-state index contributed by atoms with van der Waals surface area (Å²) in [5, 5.41) is 0. The summed E-state index contributed by atoms with van der Waals surface area (Å²) in [4.78, 5) is 0. The number of hydrogen-bond acceptors (Lipinski definition) is 1. The summed E-state index contributed by atoms with van der Waals surface area (Å²) in [5.41, 5.74) is 0. The highest BCUT2D eigenvalue weighted by molar-refractivity contribution is 6.55. The maximum absolute atomic E-state index is 5.27. The van der Waals surface area contributed by atoms with Crippen LogP contribution in [0.1, 0.15) is 6.42 Å². The topological polar surface area (TPSA) is 9.23 Å². The molecule has 0 aliphatic rings. The van der Waals surface area contributed by atoms with Gasteiger partial charge in [-0.2, -0.15) is 0 Å². The molecule has 0 aromatic heterocycles. The minimum Gasteiger partial charge on any atom is -0.377 e. The van der Waals surface area contributed by atoms with Crippen LogP contribution in [0.15, 0.2) is 10.6 Å². The lowest BCUT2D eigenvalue weighted by Crippen LogP contribution is -1.91. The molecule has 0 unspecified atom stereocenters. The second-order valence-electron chi connectivity index (χ2n) is 1.36. The third-order valence-electron chi connectivity index (χ3n) is 0.618. The Morgan fingerprint density at radius 3 is 2.67 bits per heavy atom. The molecule has 0 spiro atoms. The maximum Gasteiger partial charge on any atom is 0.105 e. The highest BCUT2D eigenvalue weighted by Gasteiger charge is 1.82. The summed E-state index contributed by atoms with van der Waals surface area (Å²) in [6.07, 6.45) is 2.09. The lowest BCUT2D eigenvalue weighted by Gasteiger charge is -1.94. The van der Waals surface area contributed by atoms with Crippen LogP contribution in [0, 0.1) is 6.92 Å². The van der Waals surface area contributed by atoms with E-state index in [-0.39, 0.29) is 4.49 Å². The van der Waals surface area contributed by atoms with Crippen molar-refractivity contribution in [1.29, 1.82) is 0 Å². The van der Waals surface area contributed by atoms with Gasteiger partial charge in [0.05, 0.1) is 6.61 Å². The molecule has 0 amide bonds. The van der Waals surface area contributed by atoms with E-state index >= 15 is 0 Å². The second-order valence-corrected chi connectivity index (χ2v) is 2.37. The molecule has 0 aliphatic heterocycles. The van der Waals surface area contributed by atoms with Gasteiger partial charge in [0.2, 0.25) is 0 Å². The molecule has 0 saturated carbocycles. The van der Waals surface area contributed by atoms with E-state index in [1.54, 1.807) is 6.08 Å². The summed E-state index contributed by atoms with van der Waals surface area (Å²) >= 11 is 10.5. The van der Waals surface area contributed by atoms with E-state index in [1.165, 1.54) is 0 Å². The van der Waals surface area contributed by atoms with Gasteiger partial charge in [0, 0.05) is 6.61 Å². The number of ether oxygens (including phenoxy) is 1. The van der Waals surface area contributed by atoms with Crippen molar-refractivity contribution >= 4 is 23.2 Å². The first-order valence-corrected chi connectivity index (χ1v) is 3.32. The van der Waals surface area contributed by atoms with E-state index in [2.05, 4.69) is 0 Å². The van der Waals surface area contributed by atoms with Gasteiger partial charge in [0.1, 0.15) is 4.49 Å². The molecule has 0 bridgehead atoms. The molecule has 0 heterocycles. The van der Waals surface area contributed by atoms with E-state index in [4.69, 9.17) is 34.9 Å². The summed E-state index contributed by atoms with van der Waals surface area (Å²) in [6, 6.07) is 0. The highest BCUT2D eigenvalue weighted by Crippen LogP contribution is 2.04. The largest absolute Gasteiger partial charge is 0.377 e. The molecule has 1 nitrogen and oxygen atoms in total. The van der Waals surface area contributed by atoms with Gasteiger partial charge in [-0.05, 0) is 19.4 Å². The second kappa shape index (κ2) is 6.40. The van der Waals surface area contributed by atoms with Crippen LogP contribution in [-0.4, -0.2) is 13.2 Å². The van der Waals surface area contributed by atoms with Gasteiger partial charge in [-0.1, -0.05) is 23.2 Å². The minimum absolute atomic E-state index is 0.229. The smallest absolute Gasteiger partial charge is 0.105 e. The van der Waals surface area contributed by atoms with Crippen molar-refractivity contribution in [2.24, 2.45) is 0 Å². The third kappa shape index (κ3) is 8.28. The first-order valence-electron chi connectivity index (χ1n) is 2.56. The molecule has 0 aromatic rings. The SMILES string of the molecule is [CH]CCOCC=C(Cl)Cl. The van der Waals surface area contributed by atoms with E-state index in [1.807, 2.05) is 0 Å². The van der Waals surface area contributed by atoms with Crippen molar-refractivity contribution in [1.82, 2.24) is 0 Å². The Morgan fingerprint density at radius 2 is 2.22 bits per heavy atom. The van der Waals surface area contributed by atoms with Crippen molar-refractivity contribution in [2.75, 3.05) is 13.2 Å². The summed E-state index contributed by atoms with van der Waals surface area (Å²) in [7, 11) is 0. The summed E-state index contributed by atoms with van der Waals surface area (Å²) < 4.78 is 5.15. The summed E-state index contributed by atoms with van der Waals surface area (Å²) in [6.45, 7) is 6.10. The van der Waals surface area contributed by atoms with Gasteiger partial charge in [-0.25, -0.2) is 0 Å². The molecule has 0 aromatic carbocycles. The standard InChI is InChI=1S/C6H8Cl2O/c1-2-4-9-5-3-6(7)8/h1,3H,2,4-5H2. The quantitative estimate of drug-likeness (QED) is 0.584. The van der Waals surface area contributed by atoms with Crippen LogP contribution < -0.4 is 0 Å². The van der Waals surface area contributed by atoms with Crippen molar-refractivity contribution in [3.05, 3.63) is 17.5 Å². The first kappa shape index (κ1) is 9.28. The van der Waals surface area contributed by atoms with Crippen LogP contribution >= 0.6 is 23.2 Å². The Kier molecular flexibility index (Phi) is 6.60. The van der Waals surface area contributed by atoms with Gasteiger partial charge in [0.25, 0.3) is 0 Å². The average molecular weight is 167 g/mol. The average Bonchev–Trinajstić information content (AvgIpc) is 1.80. The van der Waals surface area contributed by atoms with Gasteiger partial charge in [-0.3, -0.25) is 0 Å². The predicted octanol–water partition coefficient (Wildman–Crippen LogP) is 2.42. The van der Waals surface area contributed by atoms with E-state index in [9.17, 15) is 0 Å². The molecule has 0 saturated heterocycles. The van der Waals surface area contributed by atoms with Gasteiger partial charge < -0.3 is 4.74 Å². The molecule has 0 N–H and O–H groups in total. The Hall–Kier alpha value is 0.280. The Balaban J connectivity index is 3.00. The van der Waals surface area contributed by atoms with Crippen molar-refractivity contribution in [3.63, 3.8) is 0 Å². The summed E-state index contributed by atoms with van der Waals surface area (Å²) in [5.74, 6) is 0. The van der Waals surface area contributed by atoms with Crippen LogP contribution in [0.4, 0.5) is 0 Å². The van der Waals surface area contributed by atoms with Crippen LogP contribution in [0.25, 0.3) is 0 Å². The minimum atomic E-state index is 0.229. The van der Waals surface area contributed by atoms with Crippen molar-refractivity contribution < 1.29 is 4.74 Å². The predicted molar refractivity (Wildman–Crippen MR) is 39.5 cm³/mol. The van der Waals surface area contributed by atoms with Gasteiger partial charge >= 0.3 is 0 Å². The highest BCUT2D eigenvalue weighted by atomic mass is 35.5. The first-order chi connectivity index (χ1) is 4.27. The normalized spacial score (nSPS) is 9.22. The van der Waals surface area contributed by atoms with Gasteiger partial charge in [-0.15, -0.1) is 0 Å². The fourth-order valence-electron chi connectivity index (χ4n) is 0.289. The Morgan fingerprint density at radius 1 is 1.56 bits per heavy atom. The van der Waals surface area contributed by atoms with E-state index in [0.29, 0.717) is 19.6 Å². The molecule has 0 atom stereocenters. The Labute approximate surface area is 65.6 Å². The van der Waals surface area contributed by atoms with Gasteiger partial charge in [0.15, 0.2) is 0 Å². The fraction of sp³-hybridized carbons (Fsp3) is 0.500. The maximum atomic E-state index is 5.27. The van der Waals surface area contributed by atoms with Crippen LogP contribution in [0.2, 0.25) is 0 Å². The van der Waals surface area contributed by atoms with Crippen molar-refractivity contribution in [2.45, 2.75) is 6.42 Å². The fourth-order valence-corrected chi connectivity index (χ4v) is 0.415. The lowest BCUT2D eigenvalue weighted by atomic mass is 10.5. The molecule has 0 rings (SSSR count). The molecule has 2 radical (unpaired) electrons. The zero-order chi connectivity index (χ0) is 7.11. The van der Waals surface area contributed by atoms with Crippen LogP contribution in [0.3, 0.4) is 0 Å². The molecule has 3 heteroatoms. The van der Waals surface area contributed by atoms with E-state index in [0.717, 1.165) is 0 Å². The van der Waals surface area contributed by atoms with Crippen molar-refractivity contribution in [3.8, 4) is 0 Å². The third-order valence-corrected chi connectivity index (χ3v) is 0.926. The molecule has 0 aliphatic carbocycles. The number of halogens is 2. The molecule has 52 valence electrons. The van der Waals surface area contributed by atoms with Crippen LogP contribution in [-0.2, 0) is 4.74 Å².